The van der Waals surface area contributed by atoms with Gasteiger partial charge in [0.2, 0.25) is 0 Å². The summed E-state index contributed by atoms with van der Waals surface area (Å²) >= 11 is 0. The minimum Gasteiger partial charge on any atom is -0.508 e. The van der Waals surface area contributed by atoms with Gasteiger partial charge in [0, 0.05) is 30.4 Å². The van der Waals surface area contributed by atoms with Gasteiger partial charge in [-0.05, 0) is 42.2 Å². The van der Waals surface area contributed by atoms with E-state index in [0.29, 0.717) is 6.54 Å². The van der Waals surface area contributed by atoms with Gasteiger partial charge in [0.15, 0.2) is 5.75 Å². The maximum Gasteiger partial charge on any atom is 0.163 e. The van der Waals surface area contributed by atoms with Crippen LogP contribution in [-0.2, 0) is 12.8 Å². The van der Waals surface area contributed by atoms with Crippen LogP contribution in [0.4, 0.5) is 11.4 Å². The van der Waals surface area contributed by atoms with Crippen molar-refractivity contribution < 1.29 is 10.2 Å². The van der Waals surface area contributed by atoms with Crippen molar-refractivity contribution >= 4 is 22.3 Å². The quantitative estimate of drug-likeness (QED) is 0.379. The molecule has 23 heavy (non-hydrogen) atoms. The van der Waals surface area contributed by atoms with E-state index in [4.69, 9.17) is 0 Å². The molecule has 0 spiro atoms. The first-order valence-electron chi connectivity index (χ1n) is 7.84. The number of phenols is 2. The fourth-order valence-electron chi connectivity index (χ4n) is 3.19. The van der Waals surface area contributed by atoms with E-state index in [1.54, 1.807) is 12.1 Å². The fourth-order valence-corrected chi connectivity index (χ4v) is 3.19. The number of benzene rings is 2. The predicted octanol–water partition coefficient (Wildman–Crippen LogP) is 3.20. The highest BCUT2D eigenvalue weighted by Gasteiger charge is 2.18. The van der Waals surface area contributed by atoms with Gasteiger partial charge in [0.1, 0.15) is 5.75 Å². The van der Waals surface area contributed by atoms with Gasteiger partial charge in [0.05, 0.1) is 11.2 Å². The zero-order valence-electron chi connectivity index (χ0n) is 12.7. The summed E-state index contributed by atoms with van der Waals surface area (Å²) in [5, 5.41) is 27.6. The zero-order valence-corrected chi connectivity index (χ0v) is 12.7. The standard InChI is InChI=1S/C18H19N3O2/c22-13-3-1-11(2-4-13)5-7-20-15-9-14-16-12(6-8-19-14)10-21-17(16)18(15)23/h1-4,9-10,19-23H,5-8H2. The first-order valence-corrected chi connectivity index (χ1v) is 7.84. The lowest BCUT2D eigenvalue weighted by Crippen LogP contribution is -2.11. The lowest BCUT2D eigenvalue weighted by atomic mass is 10.0. The highest BCUT2D eigenvalue weighted by molar-refractivity contribution is 6.03. The number of anilines is 2. The second kappa shape index (κ2) is 5.43. The molecule has 0 bridgehead atoms. The number of aromatic nitrogens is 1. The third kappa shape index (κ3) is 2.44. The third-order valence-electron chi connectivity index (χ3n) is 4.39. The Hall–Kier alpha value is -2.82. The normalized spacial score (nSPS) is 13.0. The largest absolute Gasteiger partial charge is 0.508 e. The molecule has 0 amide bonds. The Labute approximate surface area is 134 Å². The minimum atomic E-state index is 0.268. The molecule has 0 radical (unpaired) electrons. The summed E-state index contributed by atoms with van der Waals surface area (Å²) < 4.78 is 0. The minimum absolute atomic E-state index is 0.268. The molecule has 5 nitrogen and oxygen atoms in total. The molecule has 1 aromatic heterocycles. The number of phenolic OH excluding ortho intramolecular Hbond substituents is 2. The van der Waals surface area contributed by atoms with Crippen LogP contribution in [0.15, 0.2) is 36.5 Å². The van der Waals surface area contributed by atoms with E-state index in [9.17, 15) is 10.2 Å². The number of hydrogen-bond donors (Lipinski definition) is 5. The van der Waals surface area contributed by atoms with Crippen LogP contribution in [-0.4, -0.2) is 28.3 Å². The molecule has 2 aromatic carbocycles. The van der Waals surface area contributed by atoms with Gasteiger partial charge >= 0.3 is 0 Å². The first kappa shape index (κ1) is 13.8. The lowest BCUT2D eigenvalue weighted by Gasteiger charge is -2.18. The van der Waals surface area contributed by atoms with Crippen molar-refractivity contribution in [2.75, 3.05) is 23.7 Å². The van der Waals surface area contributed by atoms with Gasteiger partial charge in [-0.25, -0.2) is 0 Å². The molecular weight excluding hydrogens is 290 g/mol. The molecule has 1 aliphatic heterocycles. The van der Waals surface area contributed by atoms with E-state index in [1.165, 1.54) is 5.56 Å². The third-order valence-corrected chi connectivity index (χ3v) is 4.39. The molecule has 0 fully saturated rings. The lowest BCUT2D eigenvalue weighted by molar-refractivity contribution is 0.475. The van der Waals surface area contributed by atoms with Crippen LogP contribution < -0.4 is 10.6 Å². The predicted molar refractivity (Wildman–Crippen MR) is 92.5 cm³/mol. The SMILES string of the molecule is Oc1ccc(CCNc2cc3c4c(c[nH]c4c2O)CCN3)cc1. The van der Waals surface area contributed by atoms with Gasteiger partial charge in [-0.15, -0.1) is 0 Å². The van der Waals surface area contributed by atoms with Crippen molar-refractivity contribution in [2.45, 2.75) is 12.8 Å². The molecule has 5 N–H and O–H groups in total. The van der Waals surface area contributed by atoms with E-state index in [1.807, 2.05) is 24.4 Å². The van der Waals surface area contributed by atoms with Crippen molar-refractivity contribution in [3.63, 3.8) is 0 Å². The smallest absolute Gasteiger partial charge is 0.163 e. The maximum atomic E-state index is 10.5. The van der Waals surface area contributed by atoms with Gasteiger partial charge in [0.25, 0.3) is 0 Å². The molecule has 2 heterocycles. The van der Waals surface area contributed by atoms with Crippen molar-refractivity contribution in [3.05, 3.63) is 47.7 Å². The Kier molecular flexibility index (Phi) is 3.26. The Morgan fingerprint density at radius 1 is 1.13 bits per heavy atom. The van der Waals surface area contributed by atoms with E-state index in [2.05, 4.69) is 15.6 Å². The Morgan fingerprint density at radius 3 is 2.78 bits per heavy atom. The number of aromatic hydroxyl groups is 2. The van der Waals surface area contributed by atoms with Gasteiger partial charge in [-0.2, -0.15) is 0 Å². The molecule has 5 heteroatoms. The Bertz CT molecular complexity index is 853. The fraction of sp³-hybridized carbons (Fsp3) is 0.222. The van der Waals surface area contributed by atoms with Crippen LogP contribution in [0, 0.1) is 0 Å². The average Bonchev–Trinajstić information content (AvgIpc) is 3.00. The summed E-state index contributed by atoms with van der Waals surface area (Å²) in [6.45, 7) is 1.62. The molecular formula is C18H19N3O2. The van der Waals surface area contributed by atoms with Crippen molar-refractivity contribution in [3.8, 4) is 11.5 Å². The summed E-state index contributed by atoms with van der Waals surface area (Å²) in [5.41, 5.74) is 4.97. The molecule has 0 saturated heterocycles. The summed E-state index contributed by atoms with van der Waals surface area (Å²) in [6.07, 6.45) is 3.77. The van der Waals surface area contributed by atoms with E-state index < -0.39 is 0 Å². The van der Waals surface area contributed by atoms with E-state index in [-0.39, 0.29) is 11.5 Å². The molecule has 1 aliphatic rings. The monoisotopic (exact) mass is 309 g/mol. The average molecular weight is 309 g/mol. The molecule has 4 rings (SSSR count). The van der Waals surface area contributed by atoms with Crippen molar-refractivity contribution in [1.29, 1.82) is 0 Å². The van der Waals surface area contributed by atoms with Crippen LogP contribution in [0.5, 0.6) is 11.5 Å². The molecule has 3 aromatic rings. The van der Waals surface area contributed by atoms with Crippen LogP contribution in [0.2, 0.25) is 0 Å². The van der Waals surface area contributed by atoms with Crippen molar-refractivity contribution in [2.24, 2.45) is 0 Å². The second-order valence-electron chi connectivity index (χ2n) is 5.90. The van der Waals surface area contributed by atoms with E-state index in [0.717, 1.165) is 47.2 Å². The highest BCUT2D eigenvalue weighted by atomic mass is 16.3. The molecule has 0 saturated carbocycles. The van der Waals surface area contributed by atoms with Crippen LogP contribution >= 0.6 is 0 Å². The van der Waals surface area contributed by atoms with E-state index >= 15 is 0 Å². The van der Waals surface area contributed by atoms with Crippen molar-refractivity contribution in [1.82, 2.24) is 4.98 Å². The molecule has 118 valence electrons. The number of nitrogens with one attached hydrogen (secondary N) is 3. The maximum absolute atomic E-state index is 10.5. The molecule has 0 aliphatic carbocycles. The summed E-state index contributed by atoms with van der Waals surface area (Å²) in [5.74, 6) is 0.543. The summed E-state index contributed by atoms with van der Waals surface area (Å²) in [4.78, 5) is 3.19. The molecule has 0 atom stereocenters. The molecule has 0 unspecified atom stereocenters. The summed E-state index contributed by atoms with van der Waals surface area (Å²) in [6, 6.07) is 9.16. The first-order chi connectivity index (χ1) is 11.2. The zero-order chi connectivity index (χ0) is 15.8. The van der Waals surface area contributed by atoms with Gasteiger partial charge in [-0.1, -0.05) is 12.1 Å². The Balaban J connectivity index is 1.55. The topological polar surface area (TPSA) is 80.3 Å². The van der Waals surface area contributed by atoms with Gasteiger partial charge in [-0.3, -0.25) is 0 Å². The number of hydrogen-bond acceptors (Lipinski definition) is 4. The van der Waals surface area contributed by atoms with Gasteiger partial charge < -0.3 is 25.8 Å². The summed E-state index contributed by atoms with van der Waals surface area (Å²) in [7, 11) is 0. The van der Waals surface area contributed by atoms with Crippen LogP contribution in [0.25, 0.3) is 10.9 Å². The number of rotatable bonds is 4. The highest BCUT2D eigenvalue weighted by Crippen LogP contribution is 2.40. The number of H-pyrrole nitrogens is 1. The Morgan fingerprint density at radius 2 is 1.96 bits per heavy atom. The van der Waals surface area contributed by atoms with Crippen LogP contribution in [0.3, 0.4) is 0 Å². The number of aromatic amines is 1. The van der Waals surface area contributed by atoms with Crippen LogP contribution in [0.1, 0.15) is 11.1 Å². The second-order valence-corrected chi connectivity index (χ2v) is 5.90.